The molecule has 0 aliphatic carbocycles. The highest BCUT2D eigenvalue weighted by atomic mass is 32.2. The zero-order chi connectivity index (χ0) is 24.0. The van der Waals surface area contributed by atoms with Crippen molar-refractivity contribution in [2.75, 3.05) is 24.9 Å². The van der Waals surface area contributed by atoms with Gasteiger partial charge in [-0.3, -0.25) is 9.59 Å². The fraction of sp³-hybridized carbons (Fsp3) is 0.231. The van der Waals surface area contributed by atoms with Crippen molar-refractivity contribution in [2.45, 2.75) is 30.9 Å². The van der Waals surface area contributed by atoms with Crippen molar-refractivity contribution in [3.05, 3.63) is 77.4 Å². The molecule has 0 aliphatic rings. The summed E-state index contributed by atoms with van der Waals surface area (Å²) < 4.78 is 10.6. The minimum Gasteiger partial charge on any atom is -0.496 e. The average molecular weight is 465 g/mol. The van der Waals surface area contributed by atoms with Crippen LogP contribution in [0.15, 0.2) is 65.6 Å². The van der Waals surface area contributed by atoms with Crippen LogP contribution in [0.4, 0.5) is 11.4 Å². The molecule has 6 nitrogen and oxygen atoms in total. The third-order valence-corrected chi connectivity index (χ3v) is 6.05. The first-order valence-electron chi connectivity index (χ1n) is 10.5. The highest BCUT2D eigenvalue weighted by molar-refractivity contribution is 8.00. The van der Waals surface area contributed by atoms with E-state index in [0.717, 1.165) is 21.7 Å². The highest BCUT2D eigenvalue weighted by Crippen LogP contribution is 2.30. The Morgan fingerprint density at radius 2 is 1.39 bits per heavy atom. The number of methoxy groups -OCH3 is 2. The number of carbonyl (C=O) groups is 2. The Kier molecular flexibility index (Phi) is 8.01. The number of ether oxygens (including phenoxy) is 2. The molecule has 3 aromatic carbocycles. The minimum absolute atomic E-state index is 0.0642. The van der Waals surface area contributed by atoms with E-state index < -0.39 is 0 Å². The minimum atomic E-state index is -0.328. The van der Waals surface area contributed by atoms with Crippen LogP contribution < -0.4 is 20.1 Å². The molecule has 33 heavy (non-hydrogen) atoms. The quantitative estimate of drug-likeness (QED) is 0.419. The van der Waals surface area contributed by atoms with Gasteiger partial charge < -0.3 is 20.1 Å². The van der Waals surface area contributed by atoms with Gasteiger partial charge in [0.1, 0.15) is 17.1 Å². The summed E-state index contributed by atoms with van der Waals surface area (Å²) in [5, 5.41) is 5.56. The second-order valence-electron chi connectivity index (χ2n) is 7.64. The van der Waals surface area contributed by atoms with Gasteiger partial charge in [-0.05, 0) is 80.4 Å². The summed E-state index contributed by atoms with van der Waals surface area (Å²) in [6, 6.07) is 18.5. The molecule has 0 aromatic heterocycles. The first-order valence-corrected chi connectivity index (χ1v) is 11.4. The van der Waals surface area contributed by atoms with Gasteiger partial charge in [0.15, 0.2) is 0 Å². The van der Waals surface area contributed by atoms with Crippen LogP contribution >= 0.6 is 11.8 Å². The van der Waals surface area contributed by atoms with Crippen LogP contribution in [-0.4, -0.2) is 31.3 Å². The van der Waals surface area contributed by atoms with Crippen molar-refractivity contribution in [1.82, 2.24) is 0 Å². The number of carbonyl (C=O) groups excluding carboxylic acids is 2. The number of rotatable bonds is 8. The number of hydrogen-bond donors (Lipinski definition) is 2. The number of hydrogen-bond acceptors (Lipinski definition) is 5. The van der Waals surface area contributed by atoms with Gasteiger partial charge in [0.05, 0.1) is 19.5 Å². The molecule has 2 amide bonds. The molecule has 7 heteroatoms. The number of anilines is 2. The summed E-state index contributed by atoms with van der Waals surface area (Å²) in [5.74, 6) is 0.474. The van der Waals surface area contributed by atoms with E-state index in [4.69, 9.17) is 9.47 Å². The van der Waals surface area contributed by atoms with E-state index in [-0.39, 0.29) is 17.1 Å². The second kappa shape index (κ2) is 10.9. The second-order valence-corrected chi connectivity index (χ2v) is 9.06. The van der Waals surface area contributed by atoms with Gasteiger partial charge >= 0.3 is 0 Å². The summed E-state index contributed by atoms with van der Waals surface area (Å²) in [4.78, 5) is 26.4. The van der Waals surface area contributed by atoms with Crippen LogP contribution in [0, 0.1) is 13.8 Å². The maximum atomic E-state index is 12.8. The normalized spacial score (nSPS) is 11.4. The third kappa shape index (κ3) is 6.29. The molecule has 172 valence electrons. The molecule has 0 spiro atoms. The number of amides is 2. The lowest BCUT2D eigenvalue weighted by Crippen LogP contribution is -2.22. The van der Waals surface area contributed by atoms with Crippen LogP contribution in [0.5, 0.6) is 11.5 Å². The van der Waals surface area contributed by atoms with Gasteiger partial charge in [0.25, 0.3) is 5.91 Å². The fourth-order valence-corrected chi connectivity index (χ4v) is 4.30. The van der Waals surface area contributed by atoms with Crippen LogP contribution in [0.1, 0.15) is 28.4 Å². The molecular formula is C26H28N2O4S. The smallest absolute Gasteiger partial charge is 0.263 e. The highest BCUT2D eigenvalue weighted by Gasteiger charge is 2.19. The number of benzene rings is 3. The van der Waals surface area contributed by atoms with E-state index in [0.29, 0.717) is 22.7 Å². The van der Waals surface area contributed by atoms with E-state index in [2.05, 4.69) is 16.7 Å². The monoisotopic (exact) mass is 464 g/mol. The van der Waals surface area contributed by atoms with Gasteiger partial charge in [0, 0.05) is 16.3 Å². The first kappa shape index (κ1) is 24.2. The average Bonchev–Trinajstić information content (AvgIpc) is 2.78. The van der Waals surface area contributed by atoms with Crippen molar-refractivity contribution in [2.24, 2.45) is 0 Å². The first-order chi connectivity index (χ1) is 15.8. The molecule has 0 heterocycles. The van der Waals surface area contributed by atoms with Crippen molar-refractivity contribution in [3.63, 3.8) is 0 Å². The summed E-state index contributed by atoms with van der Waals surface area (Å²) >= 11 is 1.45. The van der Waals surface area contributed by atoms with Crippen molar-refractivity contribution < 1.29 is 19.1 Å². The predicted octanol–water partition coefficient (Wildman–Crippen LogP) is 5.69. The van der Waals surface area contributed by atoms with Gasteiger partial charge in [-0.25, -0.2) is 0 Å². The van der Waals surface area contributed by atoms with Crippen LogP contribution in [-0.2, 0) is 4.79 Å². The Bertz CT molecular complexity index is 1100. The zero-order valence-corrected chi connectivity index (χ0v) is 20.2. The van der Waals surface area contributed by atoms with Gasteiger partial charge in [-0.2, -0.15) is 0 Å². The molecule has 0 bridgehead atoms. The van der Waals surface area contributed by atoms with Crippen LogP contribution in [0.3, 0.4) is 0 Å². The van der Waals surface area contributed by atoms with E-state index in [1.807, 2.05) is 45.0 Å². The molecule has 0 aliphatic heterocycles. The van der Waals surface area contributed by atoms with Gasteiger partial charge in [0.2, 0.25) is 5.91 Å². The van der Waals surface area contributed by atoms with E-state index >= 15 is 0 Å². The molecule has 3 rings (SSSR count). The molecule has 2 N–H and O–H groups in total. The summed E-state index contributed by atoms with van der Waals surface area (Å²) in [7, 11) is 3.02. The number of thioether (sulfide) groups is 1. The molecule has 3 aromatic rings. The number of aryl methyl sites for hydroxylation is 2. The maximum absolute atomic E-state index is 12.8. The Balaban J connectivity index is 1.63. The van der Waals surface area contributed by atoms with Crippen LogP contribution in [0.25, 0.3) is 0 Å². The predicted molar refractivity (Wildman–Crippen MR) is 134 cm³/mol. The maximum Gasteiger partial charge on any atom is 0.263 e. The van der Waals surface area contributed by atoms with Crippen molar-refractivity contribution >= 4 is 35.0 Å². The van der Waals surface area contributed by atoms with Crippen molar-refractivity contribution in [3.8, 4) is 11.5 Å². The molecule has 0 saturated heterocycles. The van der Waals surface area contributed by atoms with E-state index in [9.17, 15) is 9.59 Å². The number of nitrogens with one attached hydrogen (secondary N) is 2. The molecular weight excluding hydrogens is 436 g/mol. The molecule has 1 atom stereocenters. The zero-order valence-electron chi connectivity index (χ0n) is 19.4. The lowest BCUT2D eigenvalue weighted by atomic mass is 10.1. The Morgan fingerprint density at radius 3 is 1.94 bits per heavy atom. The third-order valence-electron chi connectivity index (χ3n) is 4.94. The standard InChI is InChI=1S/C26H28N2O4S/c1-16-13-17(2)15-20(14-16)28-25(29)18(3)33-21-11-9-19(10-12-21)27-26(30)24-22(31-4)7-6-8-23(24)32-5/h6-15,18H,1-5H3,(H,27,30)(H,28,29). The van der Waals surface area contributed by atoms with Gasteiger partial charge in [-0.1, -0.05) is 12.1 Å². The molecule has 0 saturated carbocycles. The summed E-state index contributed by atoms with van der Waals surface area (Å²) in [6.07, 6.45) is 0. The largest absolute Gasteiger partial charge is 0.496 e. The lowest BCUT2D eigenvalue weighted by Gasteiger charge is -2.14. The molecule has 1 unspecified atom stereocenters. The summed E-state index contributed by atoms with van der Waals surface area (Å²) in [5.41, 5.74) is 3.97. The van der Waals surface area contributed by atoms with E-state index in [1.165, 1.54) is 26.0 Å². The molecule has 0 radical (unpaired) electrons. The SMILES string of the molecule is COc1cccc(OC)c1C(=O)Nc1ccc(SC(C)C(=O)Nc2cc(C)cc(C)c2)cc1. The topological polar surface area (TPSA) is 76.7 Å². The molecule has 0 fully saturated rings. The summed E-state index contributed by atoms with van der Waals surface area (Å²) in [6.45, 7) is 5.88. The Labute approximate surface area is 198 Å². The lowest BCUT2D eigenvalue weighted by molar-refractivity contribution is -0.115. The van der Waals surface area contributed by atoms with Crippen LogP contribution in [0.2, 0.25) is 0 Å². The van der Waals surface area contributed by atoms with E-state index in [1.54, 1.807) is 30.3 Å². The Hall–Kier alpha value is -3.45. The van der Waals surface area contributed by atoms with Crippen molar-refractivity contribution in [1.29, 1.82) is 0 Å². The van der Waals surface area contributed by atoms with Gasteiger partial charge in [-0.15, -0.1) is 11.8 Å². The Morgan fingerprint density at radius 1 is 0.818 bits per heavy atom. The fourth-order valence-electron chi connectivity index (χ4n) is 3.43.